The number of aromatic amines is 1. The van der Waals surface area contributed by atoms with Gasteiger partial charge in [0, 0.05) is 41.7 Å². The Kier molecular flexibility index (Phi) is 7.78. The maximum atomic E-state index is 12.3. The summed E-state index contributed by atoms with van der Waals surface area (Å²) in [4.78, 5) is 22.3. The van der Waals surface area contributed by atoms with Gasteiger partial charge in [-0.05, 0) is 46.5 Å². The van der Waals surface area contributed by atoms with Crippen molar-refractivity contribution in [3.63, 3.8) is 0 Å². The molecule has 4 rings (SSSR count). The molecule has 1 saturated carbocycles. The SMILES string of the molecule is CC(C)(C)OC(=O)N1CCC(SC(=[NH2+])/C=C(/[NH2+]Cc2ccccc2)c2ncc(C3CC3)[nH]2)CC1. The van der Waals surface area contributed by atoms with Crippen LogP contribution in [0.15, 0.2) is 42.6 Å². The molecule has 0 radical (unpaired) electrons. The Bertz CT molecular complexity index is 1020. The average molecular weight is 484 g/mol. The molecule has 0 unspecified atom stereocenters. The normalized spacial score (nSPS) is 17.6. The van der Waals surface area contributed by atoms with Gasteiger partial charge in [0.05, 0.1) is 6.08 Å². The minimum atomic E-state index is -0.469. The largest absolute Gasteiger partial charge is 0.444 e. The van der Waals surface area contributed by atoms with Crippen LogP contribution in [0.5, 0.6) is 0 Å². The highest BCUT2D eigenvalue weighted by Crippen LogP contribution is 2.39. The lowest BCUT2D eigenvalue weighted by Gasteiger charge is -2.32. The third-order valence-electron chi connectivity index (χ3n) is 5.98. The van der Waals surface area contributed by atoms with Crippen molar-refractivity contribution < 1.29 is 20.3 Å². The van der Waals surface area contributed by atoms with Crippen molar-refractivity contribution in [1.29, 1.82) is 0 Å². The van der Waals surface area contributed by atoms with Gasteiger partial charge in [-0.15, -0.1) is 0 Å². The third kappa shape index (κ3) is 7.21. The Balaban J connectivity index is 1.36. The second-order valence-corrected chi connectivity index (χ2v) is 11.5. The lowest BCUT2D eigenvalue weighted by atomic mass is 10.1. The highest BCUT2D eigenvalue weighted by atomic mass is 32.2. The van der Waals surface area contributed by atoms with E-state index in [1.165, 1.54) is 24.1 Å². The highest BCUT2D eigenvalue weighted by molar-refractivity contribution is 8.14. The van der Waals surface area contributed by atoms with Crippen LogP contribution < -0.4 is 10.7 Å². The fourth-order valence-corrected chi connectivity index (χ4v) is 5.04. The minimum absolute atomic E-state index is 0.227. The van der Waals surface area contributed by atoms with E-state index in [0.717, 1.165) is 36.0 Å². The number of hydrogen-bond acceptors (Lipinski definition) is 4. The number of thioether (sulfide) groups is 1. The lowest BCUT2D eigenvalue weighted by molar-refractivity contribution is -0.580. The quantitative estimate of drug-likeness (QED) is 0.416. The summed E-state index contributed by atoms with van der Waals surface area (Å²) >= 11 is 1.70. The van der Waals surface area contributed by atoms with E-state index in [1.54, 1.807) is 16.7 Å². The predicted molar refractivity (Wildman–Crippen MR) is 136 cm³/mol. The van der Waals surface area contributed by atoms with Gasteiger partial charge in [0.2, 0.25) is 5.04 Å². The standard InChI is InChI=1S/C26H35N5O2S/c1-26(2,3)33-25(32)31-13-11-20(12-14-31)34-23(27)15-21(28-16-18-7-5-4-6-8-18)24-29-17-22(30-24)19-9-10-19/h4-8,15,17,19-20,27-28H,9-14,16H2,1-3H3,(H,29,30)/p+2/b21-15+,27-23?. The van der Waals surface area contributed by atoms with Gasteiger partial charge in [0.1, 0.15) is 12.1 Å². The van der Waals surface area contributed by atoms with Crippen LogP contribution in [0.3, 0.4) is 0 Å². The number of nitrogens with two attached hydrogens (primary N) is 2. The van der Waals surface area contributed by atoms with Crippen LogP contribution in [-0.2, 0) is 11.3 Å². The number of carbonyl (C=O) groups excluding carboxylic acids is 1. The number of hydrogen-bond donors (Lipinski definition) is 3. The highest BCUT2D eigenvalue weighted by Gasteiger charge is 2.29. The van der Waals surface area contributed by atoms with Crippen LogP contribution in [0.2, 0.25) is 0 Å². The van der Waals surface area contributed by atoms with Crippen molar-refractivity contribution >= 4 is 28.6 Å². The van der Waals surface area contributed by atoms with Gasteiger partial charge in [-0.1, -0.05) is 42.1 Å². The fourth-order valence-electron chi connectivity index (χ4n) is 4.01. The zero-order valence-corrected chi connectivity index (χ0v) is 21.2. The lowest BCUT2D eigenvalue weighted by Crippen LogP contribution is -2.79. The van der Waals surface area contributed by atoms with Crippen molar-refractivity contribution in [2.45, 2.75) is 69.8 Å². The van der Waals surface area contributed by atoms with Crippen LogP contribution >= 0.6 is 11.8 Å². The Morgan fingerprint density at radius 1 is 1.24 bits per heavy atom. The molecular weight excluding hydrogens is 446 g/mol. The maximum absolute atomic E-state index is 12.3. The van der Waals surface area contributed by atoms with E-state index >= 15 is 0 Å². The van der Waals surface area contributed by atoms with Gasteiger partial charge in [0.15, 0.2) is 11.5 Å². The smallest absolute Gasteiger partial charge is 0.410 e. The summed E-state index contributed by atoms with van der Waals surface area (Å²) in [6.45, 7) is 7.90. The number of benzene rings is 1. The molecule has 2 aromatic rings. The molecule has 182 valence electrons. The topological polar surface area (TPSA) is 100 Å². The number of aromatic nitrogens is 2. The molecule has 1 aliphatic heterocycles. The van der Waals surface area contributed by atoms with E-state index in [4.69, 9.17) is 10.1 Å². The van der Waals surface area contributed by atoms with Crippen LogP contribution in [0.4, 0.5) is 4.79 Å². The van der Waals surface area contributed by atoms with Crippen LogP contribution in [-0.4, -0.2) is 49.9 Å². The zero-order chi connectivity index (χ0) is 24.1. The number of piperidine rings is 1. The summed E-state index contributed by atoms with van der Waals surface area (Å²) < 4.78 is 5.51. The number of rotatable bonds is 7. The Morgan fingerprint density at radius 2 is 1.94 bits per heavy atom. The molecule has 8 heteroatoms. The molecule has 1 aromatic heterocycles. The summed E-state index contributed by atoms with van der Waals surface area (Å²) in [5, 5.41) is 9.86. The number of likely N-dealkylation sites (tertiary alicyclic amines) is 1. The number of quaternary nitrogens is 1. The Hall–Kier alpha value is -2.58. The Labute approximate surface area is 206 Å². The van der Waals surface area contributed by atoms with E-state index in [1.807, 2.05) is 39.1 Å². The second kappa shape index (κ2) is 10.8. The van der Waals surface area contributed by atoms with E-state index in [-0.39, 0.29) is 6.09 Å². The van der Waals surface area contributed by atoms with E-state index < -0.39 is 5.60 Å². The summed E-state index contributed by atoms with van der Waals surface area (Å²) in [7, 11) is 0. The summed E-state index contributed by atoms with van der Waals surface area (Å²) in [5.41, 5.74) is 3.02. The number of nitrogens with zero attached hydrogens (tertiary/aromatic N) is 2. The number of amides is 1. The molecule has 2 aliphatic rings. The maximum Gasteiger partial charge on any atom is 0.410 e. The average Bonchev–Trinajstić information content (AvgIpc) is 3.53. The molecule has 1 aliphatic carbocycles. The van der Waals surface area contributed by atoms with Gasteiger partial charge in [-0.25, -0.2) is 15.2 Å². The van der Waals surface area contributed by atoms with Crippen molar-refractivity contribution in [1.82, 2.24) is 14.9 Å². The third-order valence-corrected chi connectivity index (χ3v) is 7.18. The van der Waals surface area contributed by atoms with Gasteiger partial charge >= 0.3 is 6.09 Å². The molecule has 1 amide bonds. The first-order valence-corrected chi connectivity index (χ1v) is 13.1. The van der Waals surface area contributed by atoms with Crippen LogP contribution in [0.25, 0.3) is 5.70 Å². The van der Waals surface area contributed by atoms with Crippen molar-refractivity contribution in [3.05, 3.63) is 59.7 Å². The van der Waals surface area contributed by atoms with Crippen LogP contribution in [0, 0.1) is 0 Å². The van der Waals surface area contributed by atoms with E-state index in [2.05, 4.69) is 39.6 Å². The molecule has 2 fully saturated rings. The number of H-pyrrole nitrogens is 1. The van der Waals surface area contributed by atoms with Crippen molar-refractivity contribution in [2.75, 3.05) is 13.1 Å². The summed E-state index contributed by atoms with van der Waals surface area (Å²) in [6.07, 6.45) is 8.05. The summed E-state index contributed by atoms with van der Waals surface area (Å²) in [6, 6.07) is 10.4. The monoisotopic (exact) mass is 483 g/mol. The zero-order valence-electron chi connectivity index (χ0n) is 20.4. The molecule has 7 nitrogen and oxygen atoms in total. The molecule has 0 atom stereocenters. The van der Waals surface area contributed by atoms with Gasteiger partial charge in [-0.2, -0.15) is 0 Å². The molecule has 1 saturated heterocycles. The molecule has 34 heavy (non-hydrogen) atoms. The van der Waals surface area contributed by atoms with Gasteiger partial charge in [-0.3, -0.25) is 0 Å². The first-order valence-electron chi connectivity index (χ1n) is 12.2. The Morgan fingerprint density at radius 3 is 2.59 bits per heavy atom. The van der Waals surface area contributed by atoms with E-state index in [9.17, 15) is 4.79 Å². The van der Waals surface area contributed by atoms with Crippen LogP contribution in [0.1, 0.15) is 69.5 Å². The van der Waals surface area contributed by atoms with Gasteiger partial charge in [0.25, 0.3) is 0 Å². The first kappa shape index (κ1) is 24.5. The molecular formula is C26H37N5O2S+2. The number of imidazole rings is 1. The molecule has 0 spiro atoms. The minimum Gasteiger partial charge on any atom is -0.444 e. The number of nitrogens with one attached hydrogen (secondary N) is 1. The van der Waals surface area contributed by atoms with Crippen molar-refractivity contribution in [3.8, 4) is 0 Å². The second-order valence-electron chi connectivity index (χ2n) is 10.1. The fraction of sp³-hybridized carbons (Fsp3) is 0.500. The molecule has 2 heterocycles. The number of carbonyl (C=O) groups is 1. The van der Waals surface area contributed by atoms with Gasteiger partial charge < -0.3 is 19.9 Å². The van der Waals surface area contributed by atoms with Crippen molar-refractivity contribution in [2.24, 2.45) is 0 Å². The van der Waals surface area contributed by atoms with E-state index in [0.29, 0.717) is 24.3 Å². The molecule has 5 N–H and O–H groups in total. The molecule has 0 bridgehead atoms. The summed E-state index contributed by atoms with van der Waals surface area (Å²) in [5.74, 6) is 1.50. The molecule has 1 aromatic carbocycles. The number of ether oxygens (including phenoxy) is 1. The predicted octanol–water partition coefficient (Wildman–Crippen LogP) is 2.68. The first-order chi connectivity index (χ1) is 16.3.